The molecule has 0 radical (unpaired) electrons. The Kier molecular flexibility index (Phi) is 3.24. The number of anilines is 1. The second kappa shape index (κ2) is 4.67. The fraction of sp³-hybridized carbons (Fsp3) is 0.385. The van der Waals surface area contributed by atoms with Gasteiger partial charge in [-0.2, -0.15) is 10.2 Å². The van der Waals surface area contributed by atoms with Crippen LogP contribution < -0.4 is 5.32 Å². The highest BCUT2D eigenvalue weighted by atomic mass is 16.5. The molecule has 0 saturated heterocycles. The molecular weight excluding hydrogens is 214 g/mol. The Bertz CT molecular complexity index is 505. The van der Waals surface area contributed by atoms with E-state index in [1.54, 1.807) is 13.3 Å². The minimum atomic E-state index is -0.204. The number of benzene rings is 1. The van der Waals surface area contributed by atoms with Crippen molar-refractivity contribution in [1.29, 1.82) is 0 Å². The molecule has 0 saturated carbocycles. The summed E-state index contributed by atoms with van der Waals surface area (Å²) in [7, 11) is 1.71. The van der Waals surface area contributed by atoms with E-state index in [0.717, 1.165) is 23.1 Å². The first kappa shape index (κ1) is 11.8. The summed E-state index contributed by atoms with van der Waals surface area (Å²) in [5.74, 6) is 0. The number of ether oxygens (including phenoxy) is 1. The number of nitrogens with zero attached hydrogens (tertiary/aromatic N) is 2. The Hall–Kier alpha value is -1.68. The first-order valence-corrected chi connectivity index (χ1v) is 5.62. The highest BCUT2D eigenvalue weighted by molar-refractivity contribution is 5.90. The molecule has 4 heteroatoms. The maximum atomic E-state index is 5.37. The van der Waals surface area contributed by atoms with E-state index in [-0.39, 0.29) is 5.60 Å². The number of nitrogens with one attached hydrogen (secondary N) is 1. The SMILES string of the molecule is COC(C)(C)CNc1cnnc2ccccc12. The van der Waals surface area contributed by atoms with E-state index in [1.165, 1.54) is 0 Å². The second-order valence-corrected chi connectivity index (χ2v) is 4.59. The van der Waals surface area contributed by atoms with E-state index < -0.39 is 0 Å². The summed E-state index contributed by atoms with van der Waals surface area (Å²) in [6.45, 7) is 4.80. The lowest BCUT2D eigenvalue weighted by molar-refractivity contribution is 0.0344. The molecule has 1 aromatic carbocycles. The van der Waals surface area contributed by atoms with Gasteiger partial charge in [-0.3, -0.25) is 0 Å². The normalized spacial score (nSPS) is 11.7. The zero-order chi connectivity index (χ0) is 12.3. The van der Waals surface area contributed by atoms with Crippen molar-refractivity contribution in [2.24, 2.45) is 0 Å². The fourth-order valence-electron chi connectivity index (χ4n) is 1.53. The third kappa shape index (κ3) is 2.71. The van der Waals surface area contributed by atoms with Gasteiger partial charge in [-0.15, -0.1) is 0 Å². The molecule has 1 aromatic heterocycles. The summed E-state index contributed by atoms with van der Waals surface area (Å²) >= 11 is 0. The molecule has 0 aliphatic heterocycles. The lowest BCUT2D eigenvalue weighted by atomic mass is 10.1. The molecule has 17 heavy (non-hydrogen) atoms. The standard InChI is InChI=1S/C13H17N3O/c1-13(2,17-3)9-14-12-8-15-16-11-7-5-4-6-10(11)12/h4-8H,9H2,1-3H3,(H,14,16). The molecule has 4 nitrogen and oxygen atoms in total. The van der Waals surface area contributed by atoms with Gasteiger partial charge in [0.25, 0.3) is 0 Å². The van der Waals surface area contributed by atoms with E-state index in [9.17, 15) is 0 Å². The van der Waals surface area contributed by atoms with Crippen LogP contribution in [0.25, 0.3) is 10.9 Å². The van der Waals surface area contributed by atoms with Crippen molar-refractivity contribution >= 4 is 16.6 Å². The molecule has 2 aromatic rings. The Labute approximate surface area is 101 Å². The van der Waals surface area contributed by atoms with Crippen LogP contribution >= 0.6 is 0 Å². The minimum absolute atomic E-state index is 0.204. The molecule has 0 aliphatic rings. The van der Waals surface area contributed by atoms with Crippen molar-refractivity contribution in [1.82, 2.24) is 10.2 Å². The maximum Gasteiger partial charge on any atom is 0.0950 e. The van der Waals surface area contributed by atoms with Crippen molar-refractivity contribution < 1.29 is 4.74 Å². The summed E-state index contributed by atoms with van der Waals surface area (Å²) in [4.78, 5) is 0. The third-order valence-electron chi connectivity index (χ3n) is 2.80. The molecule has 90 valence electrons. The smallest absolute Gasteiger partial charge is 0.0950 e. The molecule has 0 bridgehead atoms. The summed E-state index contributed by atoms with van der Waals surface area (Å²) in [6.07, 6.45) is 1.74. The second-order valence-electron chi connectivity index (χ2n) is 4.59. The van der Waals surface area contributed by atoms with E-state index in [2.05, 4.69) is 15.5 Å². The van der Waals surface area contributed by atoms with Gasteiger partial charge in [-0.05, 0) is 19.9 Å². The van der Waals surface area contributed by atoms with Crippen LogP contribution in [-0.4, -0.2) is 29.5 Å². The van der Waals surface area contributed by atoms with Crippen LogP contribution in [-0.2, 0) is 4.74 Å². The van der Waals surface area contributed by atoms with Crippen molar-refractivity contribution in [2.45, 2.75) is 19.4 Å². The lowest BCUT2D eigenvalue weighted by Gasteiger charge is -2.23. The van der Waals surface area contributed by atoms with Crippen LogP contribution in [0.1, 0.15) is 13.8 Å². The van der Waals surface area contributed by atoms with Crippen LogP contribution in [0.2, 0.25) is 0 Å². The number of hydrogen-bond acceptors (Lipinski definition) is 4. The fourth-order valence-corrected chi connectivity index (χ4v) is 1.53. The number of aromatic nitrogens is 2. The van der Waals surface area contributed by atoms with Gasteiger partial charge in [0.1, 0.15) is 0 Å². The molecule has 1 heterocycles. The highest BCUT2D eigenvalue weighted by Gasteiger charge is 2.16. The van der Waals surface area contributed by atoms with Gasteiger partial charge in [0.15, 0.2) is 0 Å². The monoisotopic (exact) mass is 231 g/mol. The number of rotatable bonds is 4. The van der Waals surface area contributed by atoms with Gasteiger partial charge in [-0.25, -0.2) is 0 Å². The summed E-state index contributed by atoms with van der Waals surface area (Å²) in [5, 5.41) is 12.5. The lowest BCUT2D eigenvalue weighted by Crippen LogP contribution is -2.32. The first-order chi connectivity index (χ1) is 8.12. The molecule has 0 atom stereocenters. The average molecular weight is 231 g/mol. The molecule has 0 spiro atoms. The maximum absolute atomic E-state index is 5.37. The van der Waals surface area contributed by atoms with Crippen molar-refractivity contribution in [2.75, 3.05) is 19.0 Å². The van der Waals surface area contributed by atoms with Gasteiger partial charge >= 0.3 is 0 Å². The zero-order valence-electron chi connectivity index (χ0n) is 10.4. The Morgan fingerprint density at radius 3 is 2.82 bits per heavy atom. The largest absolute Gasteiger partial charge is 0.380 e. The molecular formula is C13H17N3O. The van der Waals surface area contributed by atoms with Crippen LogP contribution in [0, 0.1) is 0 Å². The van der Waals surface area contributed by atoms with Crippen LogP contribution in [0.4, 0.5) is 5.69 Å². The van der Waals surface area contributed by atoms with Gasteiger partial charge in [0.05, 0.1) is 23.0 Å². The molecule has 2 rings (SSSR count). The van der Waals surface area contributed by atoms with Crippen LogP contribution in [0.3, 0.4) is 0 Å². The first-order valence-electron chi connectivity index (χ1n) is 5.62. The molecule has 0 unspecified atom stereocenters. The minimum Gasteiger partial charge on any atom is -0.380 e. The summed E-state index contributed by atoms with van der Waals surface area (Å²) in [6, 6.07) is 7.94. The van der Waals surface area contributed by atoms with Gasteiger partial charge < -0.3 is 10.1 Å². The molecule has 1 N–H and O–H groups in total. The predicted molar refractivity (Wildman–Crippen MR) is 69.1 cm³/mol. The molecule has 0 amide bonds. The quantitative estimate of drug-likeness (QED) is 0.878. The summed E-state index contributed by atoms with van der Waals surface area (Å²) in [5.41, 5.74) is 1.68. The average Bonchev–Trinajstić information content (AvgIpc) is 2.36. The summed E-state index contributed by atoms with van der Waals surface area (Å²) < 4.78 is 5.37. The Morgan fingerprint density at radius 1 is 1.29 bits per heavy atom. The Morgan fingerprint density at radius 2 is 2.06 bits per heavy atom. The van der Waals surface area contributed by atoms with E-state index in [4.69, 9.17) is 4.74 Å². The third-order valence-corrected chi connectivity index (χ3v) is 2.80. The van der Waals surface area contributed by atoms with Crippen molar-refractivity contribution in [3.8, 4) is 0 Å². The highest BCUT2D eigenvalue weighted by Crippen LogP contribution is 2.20. The number of fused-ring (bicyclic) bond motifs is 1. The molecule has 0 fully saturated rings. The van der Waals surface area contributed by atoms with Gasteiger partial charge in [0.2, 0.25) is 0 Å². The van der Waals surface area contributed by atoms with E-state index in [0.29, 0.717) is 0 Å². The van der Waals surface area contributed by atoms with Crippen molar-refractivity contribution in [3.63, 3.8) is 0 Å². The molecule has 0 aliphatic carbocycles. The zero-order valence-corrected chi connectivity index (χ0v) is 10.4. The predicted octanol–water partition coefficient (Wildman–Crippen LogP) is 2.47. The van der Waals surface area contributed by atoms with Gasteiger partial charge in [0, 0.05) is 19.0 Å². The van der Waals surface area contributed by atoms with Crippen molar-refractivity contribution in [3.05, 3.63) is 30.5 Å². The number of methoxy groups -OCH3 is 1. The number of hydrogen-bond donors (Lipinski definition) is 1. The van der Waals surface area contributed by atoms with E-state index in [1.807, 2.05) is 38.1 Å². The van der Waals surface area contributed by atoms with E-state index >= 15 is 0 Å². The van der Waals surface area contributed by atoms with Gasteiger partial charge in [-0.1, -0.05) is 18.2 Å². The topological polar surface area (TPSA) is 47.0 Å². The van der Waals surface area contributed by atoms with Crippen LogP contribution in [0.15, 0.2) is 30.5 Å². The van der Waals surface area contributed by atoms with Crippen LogP contribution in [0.5, 0.6) is 0 Å². The Balaban J connectivity index is 2.24.